The van der Waals surface area contributed by atoms with Crippen molar-refractivity contribution in [1.29, 1.82) is 0 Å². The first-order valence-electron chi connectivity index (χ1n) is 10.5. The number of nitrogens with one attached hydrogen (secondary N) is 1. The number of aromatic nitrogens is 1. The van der Waals surface area contributed by atoms with Crippen LogP contribution in [0.1, 0.15) is 48.5 Å². The summed E-state index contributed by atoms with van der Waals surface area (Å²) >= 11 is 6.37. The Morgan fingerprint density at radius 1 is 1.09 bits per heavy atom. The second-order valence-electron chi connectivity index (χ2n) is 7.43. The van der Waals surface area contributed by atoms with Crippen LogP contribution in [0.5, 0.6) is 0 Å². The zero-order valence-corrected chi connectivity index (χ0v) is 19.2. The summed E-state index contributed by atoms with van der Waals surface area (Å²) in [5.74, 6) is -1.22. The first kappa shape index (κ1) is 22.2. The van der Waals surface area contributed by atoms with Gasteiger partial charge in [-0.05, 0) is 36.8 Å². The molecule has 0 unspecified atom stereocenters. The summed E-state index contributed by atoms with van der Waals surface area (Å²) in [6.07, 6.45) is 7.12. The summed E-state index contributed by atoms with van der Waals surface area (Å²) in [4.78, 5) is 44.9. The van der Waals surface area contributed by atoms with Crippen LogP contribution in [0.4, 0.5) is 5.69 Å². The highest BCUT2D eigenvalue weighted by Crippen LogP contribution is 2.44. The number of thioether (sulfide) groups is 1. The Labute approximate surface area is 195 Å². The molecule has 2 aromatic rings. The van der Waals surface area contributed by atoms with E-state index in [-0.39, 0.29) is 15.1 Å². The van der Waals surface area contributed by atoms with E-state index >= 15 is 0 Å². The predicted octanol–water partition coefficient (Wildman–Crippen LogP) is 3.92. The Morgan fingerprint density at radius 2 is 1.91 bits per heavy atom. The number of hydrogen-bond donors (Lipinski definition) is 1. The molecule has 9 heteroatoms. The zero-order valence-electron chi connectivity index (χ0n) is 17.5. The molecule has 0 radical (unpaired) electrons. The molecule has 0 aliphatic carbocycles. The van der Waals surface area contributed by atoms with E-state index in [0.717, 1.165) is 48.1 Å². The van der Waals surface area contributed by atoms with Crippen molar-refractivity contribution in [1.82, 2.24) is 15.4 Å². The minimum atomic E-state index is -0.511. The van der Waals surface area contributed by atoms with E-state index < -0.39 is 11.8 Å². The maximum atomic E-state index is 13.4. The number of hydrogen-bond acceptors (Lipinski definition) is 6. The van der Waals surface area contributed by atoms with E-state index in [0.29, 0.717) is 23.2 Å². The maximum Gasteiger partial charge on any atom is 0.286 e. The second-order valence-corrected chi connectivity index (χ2v) is 9.07. The molecule has 3 amide bonds. The van der Waals surface area contributed by atoms with Crippen molar-refractivity contribution < 1.29 is 14.4 Å². The van der Waals surface area contributed by atoms with Crippen LogP contribution in [0.3, 0.4) is 0 Å². The minimum Gasteiger partial charge on any atom is -0.308 e. The van der Waals surface area contributed by atoms with Gasteiger partial charge in [-0.1, -0.05) is 56.1 Å². The fraction of sp³-hybridized carbons (Fsp3) is 0.261. The number of nitrogens with zero attached hydrogens (tertiary/aromatic N) is 3. The molecule has 2 aliphatic rings. The number of pyridine rings is 1. The minimum absolute atomic E-state index is 0.168. The average Bonchev–Trinajstić information content (AvgIpc) is 3.24. The number of benzene rings is 1. The standard InChI is InChI=1S/C23H22N4O3S2/c1-2-3-4-7-13-26-17-11-6-5-10-16(17)18(21(26)29)19-22(30)27(23(31)32-19)25-20(28)15-9-8-12-24-14-15/h5-6,8-12,14H,2-4,7,13H2,1H3,(H,25,28)/b19-18-. The van der Waals surface area contributed by atoms with Crippen molar-refractivity contribution in [3.63, 3.8) is 0 Å². The number of amides is 3. The number of anilines is 1. The molecule has 7 nitrogen and oxygen atoms in total. The summed E-state index contributed by atoms with van der Waals surface area (Å²) in [5, 5.41) is 1.03. The molecule has 1 saturated heterocycles. The first-order valence-corrected chi connectivity index (χ1v) is 11.7. The highest BCUT2D eigenvalue weighted by molar-refractivity contribution is 8.26. The van der Waals surface area contributed by atoms with Gasteiger partial charge in [0.25, 0.3) is 17.7 Å². The van der Waals surface area contributed by atoms with Gasteiger partial charge in [-0.2, -0.15) is 5.01 Å². The lowest BCUT2D eigenvalue weighted by atomic mass is 10.1. The fourth-order valence-corrected chi connectivity index (χ4v) is 4.95. The third kappa shape index (κ3) is 4.18. The van der Waals surface area contributed by atoms with Gasteiger partial charge in [-0.25, -0.2) is 0 Å². The number of carbonyl (C=O) groups excluding carboxylic acids is 3. The van der Waals surface area contributed by atoms with Gasteiger partial charge < -0.3 is 4.90 Å². The van der Waals surface area contributed by atoms with Crippen molar-refractivity contribution in [3.8, 4) is 0 Å². The van der Waals surface area contributed by atoms with Crippen molar-refractivity contribution in [2.24, 2.45) is 0 Å². The quantitative estimate of drug-likeness (QED) is 0.378. The Balaban J connectivity index is 1.61. The molecule has 1 fully saturated rings. The van der Waals surface area contributed by atoms with Crippen molar-refractivity contribution >= 4 is 57.3 Å². The van der Waals surface area contributed by atoms with Crippen LogP contribution >= 0.6 is 24.0 Å². The van der Waals surface area contributed by atoms with E-state index in [4.69, 9.17) is 12.2 Å². The van der Waals surface area contributed by atoms with E-state index in [9.17, 15) is 14.4 Å². The smallest absolute Gasteiger partial charge is 0.286 e. The van der Waals surface area contributed by atoms with Gasteiger partial charge in [0.1, 0.15) is 0 Å². The third-order valence-corrected chi connectivity index (χ3v) is 6.66. The van der Waals surface area contributed by atoms with E-state index in [1.165, 1.54) is 6.20 Å². The van der Waals surface area contributed by atoms with Crippen LogP contribution in [-0.2, 0) is 9.59 Å². The lowest BCUT2D eigenvalue weighted by Gasteiger charge is -2.17. The SMILES string of the molecule is CCCCCCN1C(=O)/C(=C2\SC(=S)N(NC(=O)c3cccnc3)C2=O)c2ccccc21. The first-order chi connectivity index (χ1) is 15.5. The van der Waals surface area contributed by atoms with Crippen LogP contribution < -0.4 is 10.3 Å². The summed E-state index contributed by atoms with van der Waals surface area (Å²) in [5.41, 5.74) is 4.68. The molecular formula is C23H22N4O3S2. The van der Waals surface area contributed by atoms with Crippen LogP contribution in [0.15, 0.2) is 53.7 Å². The predicted molar refractivity (Wildman–Crippen MR) is 129 cm³/mol. The molecular weight excluding hydrogens is 444 g/mol. The van der Waals surface area contributed by atoms with Crippen molar-refractivity contribution in [3.05, 3.63) is 64.8 Å². The normalized spacial score (nSPS) is 17.8. The van der Waals surface area contributed by atoms with Crippen molar-refractivity contribution in [2.75, 3.05) is 11.4 Å². The number of carbonyl (C=O) groups is 3. The molecule has 2 aliphatic heterocycles. The Morgan fingerprint density at radius 3 is 2.66 bits per heavy atom. The maximum absolute atomic E-state index is 13.4. The molecule has 0 spiro atoms. The van der Waals surface area contributed by atoms with Crippen LogP contribution in [0.2, 0.25) is 0 Å². The molecule has 3 heterocycles. The van der Waals surface area contributed by atoms with Gasteiger partial charge in [-0.15, -0.1) is 0 Å². The van der Waals surface area contributed by atoms with Gasteiger partial charge in [0.05, 0.1) is 21.7 Å². The van der Waals surface area contributed by atoms with Gasteiger partial charge in [-0.3, -0.25) is 24.8 Å². The number of fused-ring (bicyclic) bond motifs is 1. The Bertz CT molecular complexity index is 1120. The number of para-hydroxylation sites is 1. The van der Waals surface area contributed by atoms with Crippen LogP contribution in [0.25, 0.3) is 5.57 Å². The van der Waals surface area contributed by atoms with Gasteiger partial charge in [0.2, 0.25) is 0 Å². The van der Waals surface area contributed by atoms with Gasteiger partial charge in [0.15, 0.2) is 4.32 Å². The molecule has 0 saturated carbocycles. The summed E-state index contributed by atoms with van der Waals surface area (Å²) in [7, 11) is 0. The number of unbranched alkanes of at least 4 members (excludes halogenated alkanes) is 3. The van der Waals surface area contributed by atoms with E-state index in [1.54, 1.807) is 23.2 Å². The van der Waals surface area contributed by atoms with Gasteiger partial charge >= 0.3 is 0 Å². The molecule has 0 bridgehead atoms. The zero-order chi connectivity index (χ0) is 22.7. The molecule has 1 aromatic heterocycles. The number of thiocarbonyl (C=S) groups is 1. The molecule has 32 heavy (non-hydrogen) atoms. The monoisotopic (exact) mass is 466 g/mol. The van der Waals surface area contributed by atoms with E-state index in [1.807, 2.05) is 24.3 Å². The molecule has 4 rings (SSSR count). The number of hydrazine groups is 1. The van der Waals surface area contributed by atoms with Gasteiger partial charge in [0, 0.05) is 24.5 Å². The highest BCUT2D eigenvalue weighted by Gasteiger charge is 2.42. The summed E-state index contributed by atoms with van der Waals surface area (Å²) in [6, 6.07) is 10.7. The Hall–Kier alpha value is -3.04. The second kappa shape index (κ2) is 9.62. The largest absolute Gasteiger partial charge is 0.308 e. The fourth-order valence-electron chi connectivity index (χ4n) is 3.70. The van der Waals surface area contributed by atoms with E-state index in [2.05, 4.69) is 17.3 Å². The topological polar surface area (TPSA) is 82.6 Å². The van der Waals surface area contributed by atoms with Crippen molar-refractivity contribution in [2.45, 2.75) is 32.6 Å². The van der Waals surface area contributed by atoms with Crippen LogP contribution in [0, 0.1) is 0 Å². The third-order valence-electron chi connectivity index (χ3n) is 5.29. The number of rotatable bonds is 7. The summed E-state index contributed by atoms with van der Waals surface area (Å²) in [6.45, 7) is 2.74. The molecule has 0 atom stereocenters. The lowest BCUT2D eigenvalue weighted by Crippen LogP contribution is -2.45. The average molecular weight is 467 g/mol. The van der Waals surface area contributed by atoms with Crippen LogP contribution in [-0.4, -0.2) is 38.6 Å². The highest BCUT2D eigenvalue weighted by atomic mass is 32.2. The lowest BCUT2D eigenvalue weighted by molar-refractivity contribution is -0.124. The molecule has 1 aromatic carbocycles. The summed E-state index contributed by atoms with van der Waals surface area (Å²) < 4.78 is 0.168. The molecule has 164 valence electrons. The molecule has 1 N–H and O–H groups in total. The Kier molecular flexibility index (Phi) is 6.66.